The Labute approximate surface area is 188 Å². The molecule has 4 aromatic rings. The molecule has 30 heavy (non-hydrogen) atoms. The highest BCUT2D eigenvalue weighted by atomic mass is 35.5. The first-order chi connectivity index (χ1) is 14.6. The molecule has 2 aromatic heterocycles. The van der Waals surface area contributed by atoms with Crippen LogP contribution in [0.1, 0.15) is 17.5 Å². The quantitative estimate of drug-likeness (QED) is 0.242. The van der Waals surface area contributed by atoms with Crippen LogP contribution >= 0.6 is 34.5 Å². The molecule has 2 aromatic carbocycles. The Balaban J connectivity index is 1.69. The monoisotopic (exact) mass is 458 g/mol. The molecule has 2 heterocycles. The van der Waals surface area contributed by atoms with E-state index in [1.165, 1.54) is 0 Å². The minimum Gasteiger partial charge on any atom is -0.422 e. The van der Waals surface area contributed by atoms with Gasteiger partial charge in [0.05, 0.1) is 15.8 Å². The molecule has 0 aliphatic heterocycles. The van der Waals surface area contributed by atoms with Crippen LogP contribution in [0.3, 0.4) is 0 Å². The van der Waals surface area contributed by atoms with E-state index in [2.05, 4.69) is 9.88 Å². The number of halogens is 2. The molecule has 0 atom stereocenters. The normalized spacial score (nSPS) is 12.0. The minimum atomic E-state index is -0.374. The number of hydrogen-bond donors (Lipinski definition) is 0. The number of benzene rings is 2. The summed E-state index contributed by atoms with van der Waals surface area (Å²) in [5.41, 5.74) is 3.49. The molecule has 0 N–H and O–H groups in total. The molecule has 154 valence electrons. The van der Waals surface area contributed by atoms with Gasteiger partial charge in [-0.1, -0.05) is 12.1 Å². The summed E-state index contributed by atoms with van der Waals surface area (Å²) in [6.45, 7) is 3.30. The maximum atomic E-state index is 12.6. The molecular formula is C23H20Cl2N2O2S. The van der Waals surface area contributed by atoms with Crippen LogP contribution in [0.4, 0.5) is 5.69 Å². The number of rotatable bonds is 7. The van der Waals surface area contributed by atoms with Gasteiger partial charge in [0.2, 0.25) is 0 Å². The smallest absolute Gasteiger partial charge is 0.343 e. The number of hydrogen-bond acceptors (Lipinski definition) is 5. The fraction of sp³-hybridized carbons (Fsp3) is 0.217. The number of anilines is 1. The van der Waals surface area contributed by atoms with Crippen molar-refractivity contribution < 1.29 is 4.42 Å². The molecule has 4 rings (SSSR count). The second-order valence-corrected chi connectivity index (χ2v) is 8.68. The number of fused-ring (bicyclic) bond motifs is 2. The first-order valence-electron chi connectivity index (χ1n) is 9.58. The third kappa shape index (κ3) is 4.38. The Morgan fingerprint density at radius 2 is 1.90 bits per heavy atom. The summed E-state index contributed by atoms with van der Waals surface area (Å²) in [7, 11) is 0. The maximum Gasteiger partial charge on any atom is 0.343 e. The molecule has 0 saturated carbocycles. The van der Waals surface area contributed by atoms with Gasteiger partial charge in [-0.3, -0.25) is 0 Å². The van der Waals surface area contributed by atoms with Crippen molar-refractivity contribution >= 4 is 73.1 Å². The SMILES string of the molecule is C/C(=C\c1cc2ccc(N(CCCl)CCCl)cc2oc1=O)c1nc2ccccc2s1. The van der Waals surface area contributed by atoms with Crippen molar-refractivity contribution in [3.8, 4) is 0 Å². The highest BCUT2D eigenvalue weighted by molar-refractivity contribution is 7.19. The van der Waals surface area contributed by atoms with Crippen molar-refractivity contribution in [2.75, 3.05) is 29.7 Å². The van der Waals surface area contributed by atoms with Crippen molar-refractivity contribution in [2.45, 2.75) is 6.92 Å². The summed E-state index contributed by atoms with van der Waals surface area (Å²) >= 11 is 13.4. The van der Waals surface area contributed by atoms with Gasteiger partial charge in [-0.05, 0) is 48.9 Å². The average molecular weight is 459 g/mol. The molecule has 0 aliphatic rings. The summed E-state index contributed by atoms with van der Waals surface area (Å²) in [5, 5.41) is 1.75. The number of para-hydroxylation sites is 1. The molecule has 0 radical (unpaired) electrons. The third-order valence-electron chi connectivity index (χ3n) is 4.82. The van der Waals surface area contributed by atoms with Crippen LogP contribution in [-0.4, -0.2) is 29.8 Å². The Kier molecular flexibility index (Phi) is 6.42. The van der Waals surface area contributed by atoms with Gasteiger partial charge in [0.15, 0.2) is 0 Å². The second-order valence-electron chi connectivity index (χ2n) is 6.89. The first-order valence-corrected chi connectivity index (χ1v) is 11.5. The highest BCUT2D eigenvalue weighted by Gasteiger charge is 2.11. The standard InChI is InChI=1S/C23H20Cl2N2O2S/c1-15(22-26-19-4-2-3-5-21(19)30-22)12-17-13-16-6-7-18(14-20(16)29-23(17)28)27(10-8-24)11-9-25/h2-7,12-14H,8-11H2,1H3/b15-12+. The molecule has 0 saturated heterocycles. The van der Waals surface area contributed by atoms with E-state index >= 15 is 0 Å². The molecular weight excluding hydrogens is 439 g/mol. The molecule has 0 spiro atoms. The Morgan fingerprint density at radius 1 is 1.13 bits per heavy atom. The van der Waals surface area contributed by atoms with Crippen LogP contribution in [0, 0.1) is 0 Å². The molecule has 4 nitrogen and oxygen atoms in total. The predicted molar refractivity (Wildman–Crippen MR) is 129 cm³/mol. The van der Waals surface area contributed by atoms with Crippen LogP contribution in [0.2, 0.25) is 0 Å². The summed E-state index contributed by atoms with van der Waals surface area (Å²) in [4.78, 5) is 19.4. The molecule has 0 aliphatic carbocycles. The van der Waals surface area contributed by atoms with E-state index in [-0.39, 0.29) is 5.63 Å². The van der Waals surface area contributed by atoms with E-state index in [1.807, 2.05) is 61.5 Å². The van der Waals surface area contributed by atoms with Gasteiger partial charge in [-0.15, -0.1) is 34.5 Å². The fourth-order valence-corrected chi connectivity index (χ4v) is 4.67. The fourth-order valence-electron chi connectivity index (χ4n) is 3.32. The highest BCUT2D eigenvalue weighted by Crippen LogP contribution is 2.28. The van der Waals surface area contributed by atoms with E-state index in [0.29, 0.717) is 36.0 Å². The maximum absolute atomic E-state index is 12.6. The first kappa shape index (κ1) is 20.9. The minimum absolute atomic E-state index is 0.374. The van der Waals surface area contributed by atoms with Gasteiger partial charge >= 0.3 is 5.63 Å². The lowest BCUT2D eigenvalue weighted by Crippen LogP contribution is -2.27. The Morgan fingerprint density at radius 3 is 2.63 bits per heavy atom. The zero-order valence-corrected chi connectivity index (χ0v) is 18.7. The van der Waals surface area contributed by atoms with E-state index in [1.54, 1.807) is 11.3 Å². The van der Waals surface area contributed by atoms with Crippen molar-refractivity contribution in [3.05, 3.63) is 69.5 Å². The molecule has 0 bridgehead atoms. The lowest BCUT2D eigenvalue weighted by atomic mass is 10.1. The zero-order valence-electron chi connectivity index (χ0n) is 16.4. The van der Waals surface area contributed by atoms with Crippen molar-refractivity contribution in [2.24, 2.45) is 0 Å². The lowest BCUT2D eigenvalue weighted by Gasteiger charge is -2.22. The van der Waals surface area contributed by atoms with Gasteiger partial charge in [0, 0.05) is 42.0 Å². The van der Waals surface area contributed by atoms with E-state index < -0.39 is 0 Å². The second kappa shape index (κ2) is 9.21. The number of nitrogens with zero attached hydrogens (tertiary/aromatic N) is 2. The average Bonchev–Trinajstić information content (AvgIpc) is 3.18. The number of alkyl halides is 2. The van der Waals surface area contributed by atoms with Crippen molar-refractivity contribution in [1.29, 1.82) is 0 Å². The Hall–Kier alpha value is -2.34. The summed E-state index contributed by atoms with van der Waals surface area (Å²) in [5.74, 6) is 0.987. The van der Waals surface area contributed by atoms with Gasteiger partial charge in [0.1, 0.15) is 10.6 Å². The number of thiazole rings is 1. The molecule has 0 unspecified atom stereocenters. The molecule has 0 amide bonds. The molecule has 7 heteroatoms. The van der Waals surface area contributed by atoms with Crippen LogP contribution in [0.5, 0.6) is 0 Å². The summed E-state index contributed by atoms with van der Waals surface area (Å²) < 4.78 is 6.75. The third-order valence-corrected chi connectivity index (χ3v) is 6.33. The van der Waals surface area contributed by atoms with Gasteiger partial charge < -0.3 is 9.32 Å². The van der Waals surface area contributed by atoms with Crippen LogP contribution in [-0.2, 0) is 0 Å². The number of aromatic nitrogens is 1. The van der Waals surface area contributed by atoms with E-state index in [4.69, 9.17) is 27.6 Å². The van der Waals surface area contributed by atoms with E-state index in [9.17, 15) is 4.79 Å². The van der Waals surface area contributed by atoms with Crippen LogP contribution in [0.15, 0.2) is 57.7 Å². The lowest BCUT2D eigenvalue weighted by molar-refractivity contribution is 0.559. The largest absolute Gasteiger partial charge is 0.422 e. The van der Waals surface area contributed by atoms with Gasteiger partial charge in [-0.2, -0.15) is 0 Å². The topological polar surface area (TPSA) is 46.3 Å². The summed E-state index contributed by atoms with van der Waals surface area (Å²) in [6.07, 6.45) is 1.84. The van der Waals surface area contributed by atoms with Crippen molar-refractivity contribution in [3.63, 3.8) is 0 Å². The predicted octanol–water partition coefficient (Wildman–Crippen LogP) is 6.25. The Bertz CT molecular complexity index is 1240. The van der Waals surface area contributed by atoms with Crippen molar-refractivity contribution in [1.82, 2.24) is 4.98 Å². The summed E-state index contributed by atoms with van der Waals surface area (Å²) in [6, 6.07) is 15.7. The zero-order chi connectivity index (χ0) is 21.1. The molecule has 0 fully saturated rings. The number of allylic oxidation sites excluding steroid dienone is 1. The van der Waals surface area contributed by atoms with Gasteiger partial charge in [-0.25, -0.2) is 9.78 Å². The van der Waals surface area contributed by atoms with E-state index in [0.717, 1.165) is 31.9 Å². The van der Waals surface area contributed by atoms with Crippen LogP contribution < -0.4 is 10.5 Å². The van der Waals surface area contributed by atoms with Gasteiger partial charge in [0.25, 0.3) is 0 Å². The van der Waals surface area contributed by atoms with Crippen LogP contribution in [0.25, 0.3) is 32.8 Å².